The Kier molecular flexibility index (Phi) is 8.90. The van der Waals surface area contributed by atoms with Crippen LogP contribution in [-0.2, 0) is 4.74 Å². The fourth-order valence-electron chi connectivity index (χ4n) is 4.26. The lowest BCUT2D eigenvalue weighted by molar-refractivity contribution is -0.0284. The Hall–Kier alpha value is -1.93. The lowest BCUT2D eigenvalue weighted by atomic mass is 10.1. The Morgan fingerprint density at radius 2 is 2.03 bits per heavy atom. The molecule has 0 spiro atoms. The third-order valence-electron chi connectivity index (χ3n) is 5.75. The van der Waals surface area contributed by atoms with Gasteiger partial charge in [0, 0.05) is 64.1 Å². The molecule has 0 bridgehead atoms. The van der Waals surface area contributed by atoms with Crippen molar-refractivity contribution in [1.82, 2.24) is 15.5 Å². The number of aliphatic imine (C=N–C) groups is 1. The van der Waals surface area contributed by atoms with Crippen molar-refractivity contribution in [3.05, 3.63) is 29.8 Å². The SMILES string of the molecule is CCNC(=NCC1CCN(c2ccc(F)c(F)c2)C1)NCC1CN(CC(C)C)CCO1. The van der Waals surface area contributed by atoms with Crippen molar-refractivity contribution in [3.63, 3.8) is 0 Å². The van der Waals surface area contributed by atoms with Crippen LogP contribution in [0.4, 0.5) is 14.5 Å². The average Bonchev–Trinajstić information content (AvgIpc) is 3.21. The number of hydrogen-bond donors (Lipinski definition) is 2. The topological polar surface area (TPSA) is 52.1 Å². The van der Waals surface area contributed by atoms with E-state index in [9.17, 15) is 8.78 Å². The van der Waals surface area contributed by atoms with Crippen LogP contribution in [0.15, 0.2) is 23.2 Å². The van der Waals surface area contributed by atoms with Gasteiger partial charge in [-0.1, -0.05) is 13.8 Å². The van der Waals surface area contributed by atoms with Crippen LogP contribution >= 0.6 is 0 Å². The molecule has 0 radical (unpaired) electrons. The maximum Gasteiger partial charge on any atom is 0.191 e. The van der Waals surface area contributed by atoms with Gasteiger partial charge in [-0.3, -0.25) is 9.89 Å². The maximum atomic E-state index is 13.5. The average molecular weight is 438 g/mol. The van der Waals surface area contributed by atoms with Crippen molar-refractivity contribution in [3.8, 4) is 0 Å². The van der Waals surface area contributed by atoms with E-state index in [1.165, 1.54) is 12.1 Å². The van der Waals surface area contributed by atoms with Gasteiger partial charge in [0.05, 0.1) is 12.7 Å². The number of halogens is 2. The number of nitrogens with zero attached hydrogens (tertiary/aromatic N) is 3. The Labute approximate surface area is 185 Å². The molecule has 0 aromatic heterocycles. The Bertz CT molecular complexity index is 730. The van der Waals surface area contributed by atoms with E-state index in [4.69, 9.17) is 9.73 Å². The van der Waals surface area contributed by atoms with Gasteiger partial charge in [0.25, 0.3) is 0 Å². The molecule has 0 saturated carbocycles. The zero-order chi connectivity index (χ0) is 22.2. The van der Waals surface area contributed by atoms with Gasteiger partial charge in [-0.25, -0.2) is 8.78 Å². The highest BCUT2D eigenvalue weighted by Gasteiger charge is 2.24. The molecule has 1 aromatic carbocycles. The Balaban J connectivity index is 1.47. The van der Waals surface area contributed by atoms with Gasteiger partial charge >= 0.3 is 0 Å². The molecule has 2 N–H and O–H groups in total. The van der Waals surface area contributed by atoms with Crippen LogP contribution in [0, 0.1) is 23.5 Å². The first-order chi connectivity index (χ1) is 14.9. The molecule has 2 heterocycles. The molecular formula is C23H37F2N5O. The van der Waals surface area contributed by atoms with E-state index in [2.05, 4.69) is 41.2 Å². The summed E-state index contributed by atoms with van der Waals surface area (Å²) in [4.78, 5) is 9.34. The summed E-state index contributed by atoms with van der Waals surface area (Å²) in [5.41, 5.74) is 0.732. The molecule has 2 unspecified atom stereocenters. The van der Waals surface area contributed by atoms with Crippen molar-refractivity contribution in [1.29, 1.82) is 0 Å². The lowest BCUT2D eigenvalue weighted by Crippen LogP contribution is -2.50. The maximum absolute atomic E-state index is 13.5. The molecule has 3 rings (SSSR count). The van der Waals surface area contributed by atoms with Crippen LogP contribution in [0.1, 0.15) is 27.2 Å². The minimum Gasteiger partial charge on any atom is -0.374 e. The van der Waals surface area contributed by atoms with Gasteiger partial charge in [-0.05, 0) is 37.3 Å². The van der Waals surface area contributed by atoms with Gasteiger partial charge in [0.2, 0.25) is 0 Å². The fourth-order valence-corrected chi connectivity index (χ4v) is 4.26. The smallest absolute Gasteiger partial charge is 0.191 e. The summed E-state index contributed by atoms with van der Waals surface area (Å²) in [7, 11) is 0. The summed E-state index contributed by atoms with van der Waals surface area (Å²) in [6, 6.07) is 4.11. The number of hydrogen-bond acceptors (Lipinski definition) is 4. The van der Waals surface area contributed by atoms with E-state index in [-0.39, 0.29) is 6.10 Å². The Morgan fingerprint density at radius 1 is 1.19 bits per heavy atom. The molecule has 8 heteroatoms. The number of ether oxygens (including phenoxy) is 1. The summed E-state index contributed by atoms with van der Waals surface area (Å²) in [5, 5.41) is 6.74. The van der Waals surface area contributed by atoms with Gasteiger partial charge in [-0.2, -0.15) is 0 Å². The largest absolute Gasteiger partial charge is 0.374 e. The van der Waals surface area contributed by atoms with Crippen molar-refractivity contribution in [2.75, 3.05) is 63.9 Å². The molecule has 0 aliphatic carbocycles. The number of guanidine groups is 1. The number of morpholine rings is 1. The molecule has 31 heavy (non-hydrogen) atoms. The van der Waals surface area contributed by atoms with Crippen LogP contribution in [0.5, 0.6) is 0 Å². The monoisotopic (exact) mass is 437 g/mol. The molecular weight excluding hydrogens is 400 g/mol. The van der Waals surface area contributed by atoms with E-state index in [0.717, 1.165) is 70.5 Å². The molecule has 0 amide bonds. The standard InChI is InChI=1S/C23H37F2N5O/c1-4-26-23(28-13-20-16-29(9-10-31-20)14-17(2)3)27-12-18-7-8-30(15-18)19-5-6-21(24)22(25)11-19/h5-6,11,17-18,20H,4,7-10,12-16H2,1-3H3,(H2,26,27,28). The molecule has 6 nitrogen and oxygen atoms in total. The molecule has 2 aliphatic heterocycles. The van der Waals surface area contributed by atoms with Crippen LogP contribution in [-0.4, -0.2) is 75.9 Å². The zero-order valence-electron chi connectivity index (χ0n) is 19.0. The highest BCUT2D eigenvalue weighted by atomic mass is 19.2. The van der Waals surface area contributed by atoms with E-state index in [1.807, 2.05) is 0 Å². The van der Waals surface area contributed by atoms with Crippen LogP contribution < -0.4 is 15.5 Å². The van der Waals surface area contributed by atoms with Crippen molar-refractivity contribution < 1.29 is 13.5 Å². The third-order valence-corrected chi connectivity index (χ3v) is 5.75. The minimum atomic E-state index is -0.806. The normalized spacial score (nSPS) is 22.9. The molecule has 2 fully saturated rings. The van der Waals surface area contributed by atoms with E-state index in [0.29, 0.717) is 18.4 Å². The van der Waals surface area contributed by atoms with E-state index in [1.54, 1.807) is 6.07 Å². The highest BCUT2D eigenvalue weighted by Crippen LogP contribution is 2.25. The van der Waals surface area contributed by atoms with Gasteiger partial charge in [-0.15, -0.1) is 0 Å². The molecule has 1 aromatic rings. The molecule has 174 valence electrons. The van der Waals surface area contributed by atoms with E-state index < -0.39 is 11.6 Å². The zero-order valence-corrected chi connectivity index (χ0v) is 19.0. The number of benzene rings is 1. The van der Waals surface area contributed by atoms with E-state index >= 15 is 0 Å². The van der Waals surface area contributed by atoms with Crippen LogP contribution in [0.2, 0.25) is 0 Å². The molecule has 2 atom stereocenters. The van der Waals surface area contributed by atoms with Crippen molar-refractivity contribution >= 4 is 11.6 Å². The summed E-state index contributed by atoms with van der Waals surface area (Å²) in [6.45, 7) is 14.2. The van der Waals surface area contributed by atoms with Gasteiger partial charge < -0.3 is 20.3 Å². The highest BCUT2D eigenvalue weighted by molar-refractivity contribution is 5.79. The summed E-state index contributed by atoms with van der Waals surface area (Å²) < 4.78 is 32.7. The number of anilines is 1. The second kappa shape index (κ2) is 11.6. The minimum absolute atomic E-state index is 0.159. The number of rotatable bonds is 8. The Morgan fingerprint density at radius 3 is 2.77 bits per heavy atom. The predicted octanol–water partition coefficient (Wildman–Crippen LogP) is 2.70. The number of nitrogens with one attached hydrogen (secondary N) is 2. The second-order valence-electron chi connectivity index (χ2n) is 8.95. The first-order valence-electron chi connectivity index (χ1n) is 11.5. The van der Waals surface area contributed by atoms with Gasteiger partial charge in [0.1, 0.15) is 0 Å². The van der Waals surface area contributed by atoms with Gasteiger partial charge in [0.15, 0.2) is 17.6 Å². The third kappa shape index (κ3) is 7.31. The predicted molar refractivity (Wildman–Crippen MR) is 122 cm³/mol. The summed E-state index contributed by atoms with van der Waals surface area (Å²) in [5.74, 6) is 0.242. The van der Waals surface area contributed by atoms with Crippen molar-refractivity contribution in [2.45, 2.75) is 33.3 Å². The van der Waals surface area contributed by atoms with Crippen molar-refractivity contribution in [2.24, 2.45) is 16.8 Å². The van der Waals surface area contributed by atoms with Crippen LogP contribution in [0.3, 0.4) is 0 Å². The fraction of sp³-hybridized carbons (Fsp3) is 0.696. The molecule has 2 saturated heterocycles. The summed E-state index contributed by atoms with van der Waals surface area (Å²) >= 11 is 0. The molecule has 2 aliphatic rings. The lowest BCUT2D eigenvalue weighted by Gasteiger charge is -2.34. The quantitative estimate of drug-likeness (QED) is 0.484. The summed E-state index contributed by atoms with van der Waals surface area (Å²) in [6.07, 6.45) is 1.14. The first kappa shape index (κ1) is 23.7. The second-order valence-corrected chi connectivity index (χ2v) is 8.95. The van der Waals surface area contributed by atoms with Crippen LogP contribution in [0.25, 0.3) is 0 Å². The first-order valence-corrected chi connectivity index (χ1v) is 11.5.